The molecule has 0 aliphatic carbocycles. The van der Waals surface area contributed by atoms with Crippen LogP contribution in [0, 0.1) is 5.82 Å². The van der Waals surface area contributed by atoms with Crippen LogP contribution < -0.4 is 9.47 Å². The Morgan fingerprint density at radius 2 is 1.75 bits per heavy atom. The van der Waals surface area contributed by atoms with Gasteiger partial charge in [0, 0.05) is 0 Å². The largest absolute Gasteiger partial charge is 0.486 e. The maximum Gasteiger partial charge on any atom is 0.175 e. The first-order chi connectivity index (χ1) is 9.65. The van der Waals surface area contributed by atoms with Gasteiger partial charge in [-0.2, -0.15) is 0 Å². The van der Waals surface area contributed by atoms with E-state index >= 15 is 0 Å². The molecule has 1 unspecified atom stereocenters. The van der Waals surface area contributed by atoms with Crippen LogP contribution in [0.5, 0.6) is 11.5 Å². The normalized spacial score (nSPS) is 14.9. The summed E-state index contributed by atoms with van der Waals surface area (Å²) in [6, 6.07) is 9.29. The Morgan fingerprint density at radius 3 is 2.50 bits per heavy atom. The fourth-order valence-corrected chi connectivity index (χ4v) is 2.70. The van der Waals surface area contributed by atoms with Gasteiger partial charge in [0.25, 0.3) is 0 Å². The number of aliphatic hydroxyl groups is 1. The van der Waals surface area contributed by atoms with Crippen LogP contribution in [0.2, 0.25) is 0 Å². The summed E-state index contributed by atoms with van der Waals surface area (Å²) in [7, 11) is 0. The Bertz CT molecular complexity index is 628. The highest BCUT2D eigenvalue weighted by atomic mass is 79.9. The Labute approximate surface area is 124 Å². The lowest BCUT2D eigenvalue weighted by Crippen LogP contribution is -2.16. The second-order valence-electron chi connectivity index (χ2n) is 4.48. The SMILES string of the molecule is OC(c1ccc(F)cc1)c1cc(Br)c2c(c1)OCCO2. The maximum atomic E-state index is 12.9. The predicted octanol–water partition coefficient (Wildman–Crippen LogP) is 3.44. The summed E-state index contributed by atoms with van der Waals surface area (Å²) in [5.41, 5.74) is 1.28. The van der Waals surface area contributed by atoms with Crippen LogP contribution in [0.25, 0.3) is 0 Å². The standard InChI is InChI=1S/C15H12BrFO3/c16-12-7-10(8-13-15(12)20-6-5-19-13)14(18)9-1-3-11(17)4-2-9/h1-4,7-8,14,18H,5-6H2. The maximum absolute atomic E-state index is 12.9. The number of ether oxygens (including phenoxy) is 2. The predicted molar refractivity (Wildman–Crippen MR) is 75.6 cm³/mol. The molecule has 0 saturated heterocycles. The fourth-order valence-electron chi connectivity index (χ4n) is 2.13. The van der Waals surface area contributed by atoms with Gasteiger partial charge in [0.2, 0.25) is 0 Å². The van der Waals surface area contributed by atoms with Gasteiger partial charge < -0.3 is 14.6 Å². The molecule has 0 radical (unpaired) electrons. The molecule has 1 heterocycles. The fraction of sp³-hybridized carbons (Fsp3) is 0.200. The molecular formula is C15H12BrFO3. The lowest BCUT2D eigenvalue weighted by Gasteiger charge is -2.22. The number of hydrogen-bond acceptors (Lipinski definition) is 3. The average Bonchev–Trinajstić information content (AvgIpc) is 2.47. The molecule has 20 heavy (non-hydrogen) atoms. The lowest BCUT2D eigenvalue weighted by molar-refractivity contribution is 0.168. The number of benzene rings is 2. The Balaban J connectivity index is 1.97. The minimum absolute atomic E-state index is 0.329. The Kier molecular flexibility index (Phi) is 3.63. The van der Waals surface area contributed by atoms with Crippen molar-refractivity contribution in [3.63, 3.8) is 0 Å². The van der Waals surface area contributed by atoms with E-state index in [0.717, 1.165) is 4.47 Å². The van der Waals surface area contributed by atoms with Crippen LogP contribution in [-0.4, -0.2) is 18.3 Å². The van der Waals surface area contributed by atoms with Crippen molar-refractivity contribution in [3.05, 3.63) is 57.8 Å². The van der Waals surface area contributed by atoms with Gasteiger partial charge in [-0.3, -0.25) is 0 Å². The Hall–Kier alpha value is -1.59. The number of rotatable bonds is 2. The van der Waals surface area contributed by atoms with Crippen LogP contribution in [0.15, 0.2) is 40.9 Å². The van der Waals surface area contributed by atoms with E-state index in [2.05, 4.69) is 15.9 Å². The first kappa shape index (κ1) is 13.4. The Morgan fingerprint density at radius 1 is 1.05 bits per heavy atom. The molecule has 1 N–H and O–H groups in total. The molecule has 0 spiro atoms. The van der Waals surface area contributed by atoms with E-state index in [4.69, 9.17) is 9.47 Å². The molecule has 1 aliphatic heterocycles. The molecule has 0 amide bonds. The molecule has 5 heteroatoms. The minimum atomic E-state index is -0.845. The van der Waals surface area contributed by atoms with E-state index in [9.17, 15) is 9.50 Å². The number of fused-ring (bicyclic) bond motifs is 1. The van der Waals surface area contributed by atoms with E-state index < -0.39 is 6.10 Å². The lowest BCUT2D eigenvalue weighted by atomic mass is 10.0. The molecule has 3 nitrogen and oxygen atoms in total. The van der Waals surface area contributed by atoms with E-state index in [1.165, 1.54) is 12.1 Å². The van der Waals surface area contributed by atoms with Crippen molar-refractivity contribution in [2.24, 2.45) is 0 Å². The third-order valence-corrected chi connectivity index (χ3v) is 3.71. The highest BCUT2D eigenvalue weighted by Gasteiger charge is 2.20. The topological polar surface area (TPSA) is 38.7 Å². The van der Waals surface area contributed by atoms with Gasteiger partial charge in [0.1, 0.15) is 25.1 Å². The molecule has 1 aliphatic rings. The molecule has 3 rings (SSSR count). The van der Waals surface area contributed by atoms with Crippen molar-refractivity contribution in [1.82, 2.24) is 0 Å². The molecule has 0 aromatic heterocycles. The summed E-state index contributed by atoms with van der Waals surface area (Å²) in [6.07, 6.45) is -0.845. The zero-order chi connectivity index (χ0) is 14.1. The first-order valence-electron chi connectivity index (χ1n) is 6.18. The van der Waals surface area contributed by atoms with E-state index in [-0.39, 0.29) is 5.82 Å². The third kappa shape index (κ3) is 2.51. The van der Waals surface area contributed by atoms with Gasteiger partial charge in [0.05, 0.1) is 4.47 Å². The summed E-state index contributed by atoms with van der Waals surface area (Å²) in [5.74, 6) is 0.914. The van der Waals surface area contributed by atoms with Crippen molar-refractivity contribution >= 4 is 15.9 Å². The van der Waals surface area contributed by atoms with Crippen molar-refractivity contribution in [2.75, 3.05) is 13.2 Å². The van der Waals surface area contributed by atoms with Crippen LogP contribution in [0.3, 0.4) is 0 Å². The van der Waals surface area contributed by atoms with E-state index in [0.29, 0.717) is 35.8 Å². The van der Waals surface area contributed by atoms with Gasteiger partial charge in [-0.05, 0) is 51.3 Å². The molecule has 0 saturated carbocycles. The average molecular weight is 339 g/mol. The van der Waals surface area contributed by atoms with Crippen LogP contribution in [0.1, 0.15) is 17.2 Å². The molecule has 2 aromatic rings. The smallest absolute Gasteiger partial charge is 0.175 e. The summed E-state index contributed by atoms with van der Waals surface area (Å²) in [4.78, 5) is 0. The zero-order valence-electron chi connectivity index (χ0n) is 10.5. The third-order valence-electron chi connectivity index (χ3n) is 3.12. The minimum Gasteiger partial charge on any atom is -0.486 e. The highest BCUT2D eigenvalue weighted by Crippen LogP contribution is 2.40. The second kappa shape index (κ2) is 5.42. The number of hydrogen-bond donors (Lipinski definition) is 1. The van der Waals surface area contributed by atoms with Gasteiger partial charge in [-0.15, -0.1) is 0 Å². The van der Waals surface area contributed by atoms with Crippen molar-refractivity contribution in [2.45, 2.75) is 6.10 Å². The molecule has 104 valence electrons. The van der Waals surface area contributed by atoms with Gasteiger partial charge in [-0.1, -0.05) is 12.1 Å². The summed E-state index contributed by atoms with van der Waals surface area (Å²) in [5, 5.41) is 10.4. The molecule has 1 atom stereocenters. The van der Waals surface area contributed by atoms with Gasteiger partial charge in [0.15, 0.2) is 11.5 Å². The summed E-state index contributed by atoms with van der Waals surface area (Å²) in [6.45, 7) is 0.987. The second-order valence-corrected chi connectivity index (χ2v) is 5.34. The molecule has 0 fully saturated rings. The van der Waals surface area contributed by atoms with Gasteiger partial charge in [-0.25, -0.2) is 4.39 Å². The first-order valence-corrected chi connectivity index (χ1v) is 6.97. The monoisotopic (exact) mass is 338 g/mol. The van der Waals surface area contributed by atoms with Crippen LogP contribution >= 0.6 is 15.9 Å². The molecule has 2 aromatic carbocycles. The van der Waals surface area contributed by atoms with Crippen molar-refractivity contribution < 1.29 is 19.0 Å². The number of halogens is 2. The summed E-state index contributed by atoms with van der Waals surface area (Å²) >= 11 is 3.41. The van der Waals surface area contributed by atoms with Crippen molar-refractivity contribution in [3.8, 4) is 11.5 Å². The molecule has 0 bridgehead atoms. The van der Waals surface area contributed by atoms with E-state index in [1.54, 1.807) is 24.3 Å². The van der Waals surface area contributed by atoms with Gasteiger partial charge >= 0.3 is 0 Å². The van der Waals surface area contributed by atoms with Crippen LogP contribution in [-0.2, 0) is 0 Å². The van der Waals surface area contributed by atoms with E-state index in [1.807, 2.05) is 0 Å². The van der Waals surface area contributed by atoms with Crippen molar-refractivity contribution in [1.29, 1.82) is 0 Å². The number of aliphatic hydroxyl groups excluding tert-OH is 1. The summed E-state index contributed by atoms with van der Waals surface area (Å²) < 4.78 is 24.7. The quantitative estimate of drug-likeness (QED) is 0.911. The highest BCUT2D eigenvalue weighted by molar-refractivity contribution is 9.10. The molecular weight excluding hydrogens is 327 g/mol. The van der Waals surface area contributed by atoms with Crippen LogP contribution in [0.4, 0.5) is 4.39 Å². The zero-order valence-corrected chi connectivity index (χ0v) is 12.1.